The molecule has 0 aromatic rings. The van der Waals surface area contributed by atoms with E-state index in [0.29, 0.717) is 0 Å². The summed E-state index contributed by atoms with van der Waals surface area (Å²) in [5.41, 5.74) is -0.319. The van der Waals surface area contributed by atoms with Gasteiger partial charge in [0.05, 0.1) is 11.5 Å². The molecule has 0 aromatic heterocycles. The molecule has 1 unspecified atom stereocenters. The van der Waals surface area contributed by atoms with Crippen molar-refractivity contribution >= 4 is 0 Å². The van der Waals surface area contributed by atoms with E-state index in [2.05, 4.69) is 25.1 Å². The highest BCUT2D eigenvalue weighted by Crippen LogP contribution is 2.22. The fraction of sp³-hybridized carbons (Fsp3) is 0.545. The third-order valence-electron chi connectivity index (χ3n) is 1.73. The minimum Gasteiger partial charge on any atom is -0.197 e. The summed E-state index contributed by atoms with van der Waals surface area (Å²) in [5, 5.41) is 8.88. The number of rotatable bonds is 4. The van der Waals surface area contributed by atoms with Gasteiger partial charge in [0.25, 0.3) is 0 Å². The van der Waals surface area contributed by atoms with E-state index in [1.807, 2.05) is 26.0 Å². The van der Waals surface area contributed by atoms with E-state index < -0.39 is 0 Å². The summed E-state index contributed by atoms with van der Waals surface area (Å²) in [6.45, 7) is 5.99. The standard InChI is InChI=1S/C11H17N/c1-4-6-7-9-11(3,10-12)8-5-2/h5-8H,4,9H2,1-3H3. The molecular weight excluding hydrogens is 146 g/mol. The van der Waals surface area contributed by atoms with Crippen molar-refractivity contribution in [3.05, 3.63) is 24.3 Å². The van der Waals surface area contributed by atoms with Crippen LogP contribution in [0.5, 0.6) is 0 Å². The molecule has 0 radical (unpaired) electrons. The fourth-order valence-electron chi connectivity index (χ4n) is 1.01. The van der Waals surface area contributed by atoms with Gasteiger partial charge in [0.15, 0.2) is 0 Å². The van der Waals surface area contributed by atoms with Crippen LogP contribution < -0.4 is 0 Å². The van der Waals surface area contributed by atoms with Crippen molar-refractivity contribution in [2.75, 3.05) is 0 Å². The maximum absolute atomic E-state index is 8.88. The van der Waals surface area contributed by atoms with E-state index in [0.717, 1.165) is 12.8 Å². The van der Waals surface area contributed by atoms with Gasteiger partial charge in [-0.1, -0.05) is 31.2 Å². The zero-order valence-electron chi connectivity index (χ0n) is 8.17. The molecule has 0 fully saturated rings. The maximum atomic E-state index is 8.88. The minimum atomic E-state index is -0.319. The zero-order chi connectivity index (χ0) is 9.45. The average molecular weight is 163 g/mol. The SMILES string of the molecule is CC=CC(C)(C#N)CC=CCC. The molecule has 0 aliphatic rings. The normalized spacial score (nSPS) is 16.5. The van der Waals surface area contributed by atoms with Crippen molar-refractivity contribution in [1.82, 2.24) is 0 Å². The molecule has 0 aromatic carbocycles. The van der Waals surface area contributed by atoms with Crippen LogP contribution in [0.1, 0.15) is 33.6 Å². The Hall–Kier alpha value is -1.03. The quantitative estimate of drug-likeness (QED) is 0.582. The van der Waals surface area contributed by atoms with Gasteiger partial charge in [0, 0.05) is 0 Å². The lowest BCUT2D eigenvalue weighted by molar-refractivity contribution is 0.577. The summed E-state index contributed by atoms with van der Waals surface area (Å²) >= 11 is 0. The molecule has 1 atom stereocenters. The Labute approximate surface area is 75.4 Å². The van der Waals surface area contributed by atoms with Crippen LogP contribution in [0, 0.1) is 16.7 Å². The van der Waals surface area contributed by atoms with Crippen molar-refractivity contribution in [3.8, 4) is 6.07 Å². The lowest BCUT2D eigenvalue weighted by atomic mass is 9.88. The van der Waals surface area contributed by atoms with Crippen LogP contribution in [-0.2, 0) is 0 Å². The molecule has 0 amide bonds. The second kappa shape index (κ2) is 5.60. The number of nitriles is 1. The first-order valence-electron chi connectivity index (χ1n) is 4.38. The molecule has 0 spiro atoms. The average Bonchev–Trinajstić information content (AvgIpc) is 2.06. The smallest absolute Gasteiger partial charge is 0.0759 e. The molecule has 1 nitrogen and oxygen atoms in total. The Kier molecular flexibility index (Phi) is 5.12. The zero-order valence-corrected chi connectivity index (χ0v) is 8.17. The fourth-order valence-corrected chi connectivity index (χ4v) is 1.01. The van der Waals surface area contributed by atoms with Gasteiger partial charge in [0.1, 0.15) is 0 Å². The largest absolute Gasteiger partial charge is 0.197 e. The van der Waals surface area contributed by atoms with Gasteiger partial charge in [-0.25, -0.2) is 0 Å². The van der Waals surface area contributed by atoms with E-state index in [4.69, 9.17) is 5.26 Å². The highest BCUT2D eigenvalue weighted by atomic mass is 14.3. The van der Waals surface area contributed by atoms with Crippen molar-refractivity contribution in [1.29, 1.82) is 5.26 Å². The van der Waals surface area contributed by atoms with Gasteiger partial charge in [-0.2, -0.15) is 5.26 Å². The van der Waals surface area contributed by atoms with Gasteiger partial charge >= 0.3 is 0 Å². The Morgan fingerprint density at radius 3 is 2.50 bits per heavy atom. The van der Waals surface area contributed by atoms with Crippen LogP contribution in [0.3, 0.4) is 0 Å². The highest BCUT2D eigenvalue weighted by Gasteiger charge is 2.16. The van der Waals surface area contributed by atoms with E-state index >= 15 is 0 Å². The molecular formula is C11H17N. The van der Waals surface area contributed by atoms with Crippen LogP contribution in [0.25, 0.3) is 0 Å². The topological polar surface area (TPSA) is 23.8 Å². The highest BCUT2D eigenvalue weighted by molar-refractivity contribution is 5.12. The molecule has 0 rings (SSSR count). The predicted molar refractivity (Wildman–Crippen MR) is 52.6 cm³/mol. The maximum Gasteiger partial charge on any atom is 0.0759 e. The number of allylic oxidation sites excluding steroid dienone is 4. The monoisotopic (exact) mass is 163 g/mol. The molecule has 0 N–H and O–H groups in total. The Morgan fingerprint density at radius 1 is 1.42 bits per heavy atom. The molecule has 0 saturated carbocycles. The van der Waals surface area contributed by atoms with Crippen LogP contribution >= 0.6 is 0 Å². The summed E-state index contributed by atoms with van der Waals surface area (Å²) in [6, 6.07) is 2.30. The lowest BCUT2D eigenvalue weighted by Gasteiger charge is -2.13. The van der Waals surface area contributed by atoms with Crippen molar-refractivity contribution in [2.24, 2.45) is 5.41 Å². The lowest BCUT2D eigenvalue weighted by Crippen LogP contribution is -2.07. The minimum absolute atomic E-state index is 0.319. The first kappa shape index (κ1) is 11.0. The number of hydrogen-bond donors (Lipinski definition) is 0. The molecule has 66 valence electrons. The summed E-state index contributed by atoms with van der Waals surface area (Å²) in [5.74, 6) is 0. The van der Waals surface area contributed by atoms with Crippen LogP contribution in [0.15, 0.2) is 24.3 Å². The van der Waals surface area contributed by atoms with Crippen molar-refractivity contribution in [2.45, 2.75) is 33.6 Å². The number of nitrogens with zero attached hydrogens (tertiary/aromatic N) is 1. The molecule has 0 saturated heterocycles. The van der Waals surface area contributed by atoms with E-state index in [1.165, 1.54) is 0 Å². The molecule has 0 aliphatic carbocycles. The van der Waals surface area contributed by atoms with Gasteiger partial charge in [-0.3, -0.25) is 0 Å². The third-order valence-corrected chi connectivity index (χ3v) is 1.73. The Morgan fingerprint density at radius 2 is 2.08 bits per heavy atom. The second-order valence-electron chi connectivity index (χ2n) is 3.11. The second-order valence-corrected chi connectivity index (χ2v) is 3.11. The first-order valence-corrected chi connectivity index (χ1v) is 4.38. The number of hydrogen-bond acceptors (Lipinski definition) is 1. The Bertz CT molecular complexity index is 208. The van der Waals surface area contributed by atoms with Gasteiger partial charge in [-0.05, 0) is 26.7 Å². The van der Waals surface area contributed by atoms with Crippen LogP contribution in [-0.4, -0.2) is 0 Å². The van der Waals surface area contributed by atoms with E-state index in [1.54, 1.807) is 0 Å². The van der Waals surface area contributed by atoms with E-state index in [9.17, 15) is 0 Å². The van der Waals surface area contributed by atoms with Crippen LogP contribution in [0.4, 0.5) is 0 Å². The summed E-state index contributed by atoms with van der Waals surface area (Å²) < 4.78 is 0. The van der Waals surface area contributed by atoms with E-state index in [-0.39, 0.29) is 5.41 Å². The Balaban J connectivity index is 4.17. The summed E-state index contributed by atoms with van der Waals surface area (Å²) in [7, 11) is 0. The summed E-state index contributed by atoms with van der Waals surface area (Å²) in [4.78, 5) is 0. The van der Waals surface area contributed by atoms with Gasteiger partial charge < -0.3 is 0 Å². The van der Waals surface area contributed by atoms with Crippen LogP contribution in [0.2, 0.25) is 0 Å². The molecule has 12 heavy (non-hydrogen) atoms. The molecule has 0 aliphatic heterocycles. The first-order chi connectivity index (χ1) is 5.68. The molecule has 0 bridgehead atoms. The summed E-state index contributed by atoms with van der Waals surface area (Å²) in [6.07, 6.45) is 9.90. The van der Waals surface area contributed by atoms with Gasteiger partial charge in [-0.15, -0.1) is 0 Å². The van der Waals surface area contributed by atoms with Crippen molar-refractivity contribution in [3.63, 3.8) is 0 Å². The van der Waals surface area contributed by atoms with Crippen molar-refractivity contribution < 1.29 is 0 Å². The molecule has 1 heteroatoms. The third kappa shape index (κ3) is 3.98. The predicted octanol–water partition coefficient (Wildman–Crippen LogP) is 3.45. The molecule has 0 heterocycles. The van der Waals surface area contributed by atoms with Gasteiger partial charge in [0.2, 0.25) is 0 Å².